The predicted molar refractivity (Wildman–Crippen MR) is 68.0 cm³/mol. The van der Waals surface area contributed by atoms with Crippen molar-refractivity contribution in [3.8, 4) is 0 Å². The van der Waals surface area contributed by atoms with E-state index < -0.39 is 0 Å². The second-order valence-electron chi connectivity index (χ2n) is 4.47. The van der Waals surface area contributed by atoms with E-state index in [0.29, 0.717) is 6.79 Å². The molecule has 0 bridgehead atoms. The van der Waals surface area contributed by atoms with E-state index in [1.54, 1.807) is 8.05 Å². The minimum atomic E-state index is -0.155. The van der Waals surface area contributed by atoms with E-state index in [9.17, 15) is 0 Å². The Bertz CT molecular complexity index is 155. The Kier molecular flexibility index (Phi) is 5.90. The van der Waals surface area contributed by atoms with Crippen molar-refractivity contribution in [2.45, 2.75) is 38.6 Å². The molecular weight excluding hydrogens is 279 g/mol. The summed E-state index contributed by atoms with van der Waals surface area (Å²) >= 11 is 2.17. The molecule has 0 rings (SSSR count). The van der Waals surface area contributed by atoms with Crippen LogP contribution in [0.2, 0.25) is 0 Å². The third-order valence-electron chi connectivity index (χ3n) is 1.69. The number of hydrogen-bond acceptors (Lipinski definition) is 3. The van der Waals surface area contributed by atoms with Gasteiger partial charge in [0.25, 0.3) is 8.05 Å². The van der Waals surface area contributed by atoms with Gasteiger partial charge in [0.2, 0.25) is 0 Å². The van der Waals surface area contributed by atoms with Gasteiger partial charge in [-0.25, -0.2) is 0 Å². The van der Waals surface area contributed by atoms with Crippen LogP contribution in [-0.2, 0) is 9.39 Å². The molecule has 0 fully saturated rings. The average Bonchev–Trinajstić information content (AvgIpc) is 1.99. The van der Waals surface area contributed by atoms with E-state index in [0.717, 1.165) is 7.28 Å². The normalized spacial score (nSPS) is 13.0. The average molecular weight is 297 g/mol. The molecular formula is C7H18B2INO2. The molecule has 13 heavy (non-hydrogen) atoms. The van der Waals surface area contributed by atoms with E-state index in [4.69, 9.17) is 9.39 Å². The van der Waals surface area contributed by atoms with Crippen molar-refractivity contribution in [1.29, 1.82) is 0 Å². The standard InChI is InChI=1S/C7H18B2INO2/c1-6(2,11-10)9-7(3,4)12-5-13-8/h9,11H,5,8H2,1-4H3. The van der Waals surface area contributed by atoms with Crippen LogP contribution in [-0.4, -0.2) is 33.1 Å². The van der Waals surface area contributed by atoms with Gasteiger partial charge in [0.1, 0.15) is 6.79 Å². The van der Waals surface area contributed by atoms with Crippen LogP contribution in [0.25, 0.3) is 0 Å². The topological polar surface area (TPSA) is 30.5 Å². The lowest BCUT2D eigenvalue weighted by Crippen LogP contribution is -2.50. The second kappa shape index (κ2) is 5.58. The Morgan fingerprint density at radius 1 is 1.38 bits per heavy atom. The highest BCUT2D eigenvalue weighted by molar-refractivity contribution is 14.1. The molecule has 0 aromatic carbocycles. The Hall–Kier alpha value is 0.740. The number of halogens is 1. The van der Waals surface area contributed by atoms with E-state index in [-0.39, 0.29) is 10.9 Å². The fraction of sp³-hybridized carbons (Fsp3) is 1.00. The number of ether oxygens (including phenoxy) is 1. The van der Waals surface area contributed by atoms with Crippen molar-refractivity contribution in [3.63, 3.8) is 0 Å². The van der Waals surface area contributed by atoms with Crippen LogP contribution in [0.15, 0.2) is 0 Å². The minimum absolute atomic E-state index is 0.0812. The van der Waals surface area contributed by atoms with Crippen molar-refractivity contribution in [3.05, 3.63) is 0 Å². The first kappa shape index (κ1) is 13.7. The first-order valence-corrected chi connectivity index (χ1v) is 5.41. The van der Waals surface area contributed by atoms with Crippen LogP contribution in [0.4, 0.5) is 0 Å². The molecule has 0 heterocycles. The summed E-state index contributed by atoms with van der Waals surface area (Å²) in [6.07, 6.45) is 0. The van der Waals surface area contributed by atoms with Gasteiger partial charge in [-0.05, 0) is 19.3 Å². The quantitative estimate of drug-likeness (QED) is 0.333. The molecule has 0 atom stereocenters. The highest BCUT2D eigenvalue weighted by Gasteiger charge is 2.30. The molecule has 0 saturated carbocycles. The highest BCUT2D eigenvalue weighted by atomic mass is 127. The lowest BCUT2D eigenvalue weighted by Gasteiger charge is -2.32. The van der Waals surface area contributed by atoms with Crippen LogP contribution in [0, 0.1) is 0 Å². The molecule has 0 aromatic rings. The zero-order valence-electron chi connectivity index (χ0n) is 9.11. The second-order valence-corrected chi connectivity index (χ2v) is 5.01. The maximum Gasteiger partial charge on any atom is 0.260 e. The third-order valence-corrected chi connectivity index (χ3v) is 3.15. The van der Waals surface area contributed by atoms with Crippen molar-refractivity contribution in [1.82, 2.24) is 3.53 Å². The van der Waals surface area contributed by atoms with Gasteiger partial charge in [-0.2, -0.15) is 0 Å². The van der Waals surface area contributed by atoms with Gasteiger partial charge >= 0.3 is 0 Å². The molecule has 0 aliphatic rings. The summed E-state index contributed by atoms with van der Waals surface area (Å²) in [6, 6.07) is 0. The zero-order valence-corrected chi connectivity index (χ0v) is 11.3. The Morgan fingerprint density at radius 2 is 1.92 bits per heavy atom. The van der Waals surface area contributed by atoms with Crippen molar-refractivity contribution in [2.75, 3.05) is 6.79 Å². The van der Waals surface area contributed by atoms with Gasteiger partial charge in [0.15, 0.2) is 7.28 Å². The summed E-state index contributed by atoms with van der Waals surface area (Å²) in [5.74, 6) is 0. The van der Waals surface area contributed by atoms with Crippen molar-refractivity contribution >= 4 is 38.2 Å². The van der Waals surface area contributed by atoms with Crippen molar-refractivity contribution in [2.24, 2.45) is 0 Å². The van der Waals surface area contributed by atoms with E-state index in [1.165, 1.54) is 0 Å². The van der Waals surface area contributed by atoms with Gasteiger partial charge in [-0.1, -0.05) is 13.8 Å². The summed E-state index contributed by atoms with van der Waals surface area (Å²) in [5, 5.41) is 0. The van der Waals surface area contributed by atoms with E-state index in [2.05, 4.69) is 54.1 Å². The fourth-order valence-electron chi connectivity index (χ4n) is 1.37. The molecule has 6 heteroatoms. The van der Waals surface area contributed by atoms with E-state index in [1.807, 2.05) is 0 Å². The third kappa shape index (κ3) is 6.76. The maximum atomic E-state index is 5.55. The summed E-state index contributed by atoms with van der Waals surface area (Å²) < 4.78 is 13.7. The molecule has 1 N–H and O–H groups in total. The molecule has 0 radical (unpaired) electrons. The molecule has 0 unspecified atom stereocenters. The smallest absolute Gasteiger partial charge is 0.260 e. The molecule has 76 valence electrons. The summed E-state index contributed by atoms with van der Waals surface area (Å²) in [4.78, 5) is 0. The monoisotopic (exact) mass is 297 g/mol. The molecule has 0 amide bonds. The lowest BCUT2D eigenvalue weighted by molar-refractivity contribution is -0.0423. The first-order valence-electron chi connectivity index (χ1n) is 4.34. The molecule has 0 spiro atoms. The van der Waals surface area contributed by atoms with Crippen LogP contribution in [0.5, 0.6) is 0 Å². The fourth-order valence-corrected chi connectivity index (χ4v) is 1.56. The van der Waals surface area contributed by atoms with Crippen molar-refractivity contribution < 1.29 is 9.39 Å². The number of hydrogen-bond donors (Lipinski definition) is 1. The summed E-state index contributed by atoms with van der Waals surface area (Å²) in [5.41, 5.74) is -0.0739. The zero-order chi connectivity index (χ0) is 10.5. The Labute approximate surface area is 96.5 Å². The molecule has 0 aliphatic carbocycles. The summed E-state index contributed by atoms with van der Waals surface area (Å²) in [7, 11) is 2.57. The predicted octanol–water partition coefficient (Wildman–Crippen LogP) is 0.373. The largest absolute Gasteiger partial charge is 0.423 e. The van der Waals surface area contributed by atoms with Gasteiger partial charge in [0.05, 0.1) is 0 Å². The molecule has 0 saturated heterocycles. The number of nitrogens with one attached hydrogen (secondary N) is 1. The van der Waals surface area contributed by atoms with Crippen LogP contribution in [0.3, 0.4) is 0 Å². The lowest BCUT2D eigenvalue weighted by atomic mass is 9.50. The van der Waals surface area contributed by atoms with Gasteiger partial charge in [0, 0.05) is 28.4 Å². The van der Waals surface area contributed by atoms with Gasteiger partial charge in [-0.3, -0.25) is 3.53 Å². The highest BCUT2D eigenvalue weighted by Crippen LogP contribution is 2.15. The molecule has 0 aliphatic heterocycles. The number of rotatable bonds is 6. The first-order chi connectivity index (χ1) is 5.83. The van der Waals surface area contributed by atoms with Gasteiger partial charge in [-0.15, -0.1) is 0 Å². The molecule has 3 nitrogen and oxygen atoms in total. The Morgan fingerprint density at radius 3 is 2.31 bits per heavy atom. The van der Waals surface area contributed by atoms with E-state index >= 15 is 0 Å². The minimum Gasteiger partial charge on any atom is -0.423 e. The van der Waals surface area contributed by atoms with Crippen LogP contribution >= 0.6 is 22.9 Å². The maximum absolute atomic E-state index is 5.55. The summed E-state index contributed by atoms with van der Waals surface area (Å²) in [6.45, 7) is 8.79. The van der Waals surface area contributed by atoms with Crippen LogP contribution in [0.1, 0.15) is 27.7 Å². The molecule has 0 aromatic heterocycles. The Balaban J connectivity index is 4.00. The van der Waals surface area contributed by atoms with Crippen LogP contribution < -0.4 is 3.53 Å². The SMILES string of the molecule is BOCOC(C)(C)BC(C)(C)NI. The van der Waals surface area contributed by atoms with Gasteiger partial charge < -0.3 is 9.39 Å².